The Morgan fingerprint density at radius 3 is 2.72 bits per heavy atom. The van der Waals surface area contributed by atoms with Gasteiger partial charge in [0.2, 0.25) is 0 Å². The number of nitriles is 1. The lowest BCUT2D eigenvalue weighted by molar-refractivity contribution is 0.795. The SMILES string of the molecule is CCC(C#N)c1csc(-c2ccc(C)c(C)c2)n1. The van der Waals surface area contributed by atoms with Gasteiger partial charge in [0, 0.05) is 10.9 Å². The number of aryl methyl sites for hydroxylation is 2. The standard InChI is InChI=1S/C15H16N2S/c1-4-12(8-16)14-9-18-15(17-14)13-6-5-10(2)11(3)7-13/h5-7,9,12H,4H2,1-3H3. The van der Waals surface area contributed by atoms with Crippen LogP contribution >= 0.6 is 11.3 Å². The molecule has 0 saturated heterocycles. The lowest BCUT2D eigenvalue weighted by Gasteiger charge is -2.03. The first kappa shape index (κ1) is 12.8. The molecular formula is C15H16N2S. The first-order valence-corrected chi connectivity index (χ1v) is 6.96. The maximum Gasteiger partial charge on any atom is 0.123 e. The maximum absolute atomic E-state index is 9.05. The van der Waals surface area contributed by atoms with E-state index in [4.69, 9.17) is 5.26 Å². The summed E-state index contributed by atoms with van der Waals surface area (Å²) in [7, 11) is 0. The first-order chi connectivity index (χ1) is 8.65. The van der Waals surface area contributed by atoms with E-state index in [2.05, 4.69) is 43.1 Å². The minimum atomic E-state index is -0.0819. The van der Waals surface area contributed by atoms with Crippen LogP contribution in [0.15, 0.2) is 23.6 Å². The molecular weight excluding hydrogens is 240 g/mol. The summed E-state index contributed by atoms with van der Waals surface area (Å²) in [6.45, 7) is 6.23. The van der Waals surface area contributed by atoms with E-state index in [0.717, 1.165) is 22.7 Å². The van der Waals surface area contributed by atoms with Gasteiger partial charge in [-0.1, -0.05) is 19.1 Å². The van der Waals surface area contributed by atoms with Crippen LogP contribution in [0.2, 0.25) is 0 Å². The molecule has 0 aliphatic rings. The summed E-state index contributed by atoms with van der Waals surface area (Å²) in [6, 6.07) is 8.67. The van der Waals surface area contributed by atoms with Gasteiger partial charge in [-0.3, -0.25) is 0 Å². The van der Waals surface area contributed by atoms with Crippen molar-refractivity contribution < 1.29 is 0 Å². The summed E-state index contributed by atoms with van der Waals surface area (Å²) >= 11 is 1.61. The second-order valence-electron chi connectivity index (χ2n) is 4.47. The normalized spacial score (nSPS) is 12.1. The van der Waals surface area contributed by atoms with Crippen LogP contribution in [-0.4, -0.2) is 4.98 Å². The van der Waals surface area contributed by atoms with E-state index < -0.39 is 0 Å². The Bertz CT molecular complexity index is 593. The Labute approximate surface area is 112 Å². The molecule has 1 aromatic carbocycles. The summed E-state index contributed by atoms with van der Waals surface area (Å²) in [5, 5.41) is 12.1. The number of hydrogen-bond donors (Lipinski definition) is 0. The molecule has 0 fully saturated rings. The summed E-state index contributed by atoms with van der Waals surface area (Å²) in [5.41, 5.74) is 4.61. The third kappa shape index (κ3) is 2.44. The second-order valence-corrected chi connectivity index (χ2v) is 5.32. The van der Waals surface area contributed by atoms with Crippen molar-refractivity contribution in [3.63, 3.8) is 0 Å². The Morgan fingerprint density at radius 1 is 1.33 bits per heavy atom. The second kappa shape index (κ2) is 5.32. The van der Waals surface area contributed by atoms with Crippen molar-refractivity contribution in [1.29, 1.82) is 5.26 Å². The van der Waals surface area contributed by atoms with Gasteiger partial charge in [-0.05, 0) is 37.5 Å². The molecule has 1 heterocycles. The first-order valence-electron chi connectivity index (χ1n) is 6.08. The highest BCUT2D eigenvalue weighted by molar-refractivity contribution is 7.13. The highest BCUT2D eigenvalue weighted by atomic mass is 32.1. The van der Waals surface area contributed by atoms with Crippen molar-refractivity contribution in [2.75, 3.05) is 0 Å². The van der Waals surface area contributed by atoms with E-state index >= 15 is 0 Å². The number of hydrogen-bond acceptors (Lipinski definition) is 3. The summed E-state index contributed by atoms with van der Waals surface area (Å²) in [4.78, 5) is 4.59. The highest BCUT2D eigenvalue weighted by Crippen LogP contribution is 2.29. The van der Waals surface area contributed by atoms with E-state index in [-0.39, 0.29) is 5.92 Å². The zero-order chi connectivity index (χ0) is 13.1. The minimum absolute atomic E-state index is 0.0819. The molecule has 0 radical (unpaired) electrons. The highest BCUT2D eigenvalue weighted by Gasteiger charge is 2.13. The molecule has 0 aliphatic carbocycles. The molecule has 0 N–H and O–H groups in total. The molecule has 18 heavy (non-hydrogen) atoms. The van der Waals surface area contributed by atoms with Gasteiger partial charge >= 0.3 is 0 Å². The Hall–Kier alpha value is -1.66. The topological polar surface area (TPSA) is 36.7 Å². The number of nitrogens with zero attached hydrogens (tertiary/aromatic N) is 2. The average molecular weight is 256 g/mol. The summed E-state index contributed by atoms with van der Waals surface area (Å²) < 4.78 is 0. The smallest absolute Gasteiger partial charge is 0.123 e. The number of thiazole rings is 1. The van der Waals surface area contributed by atoms with Crippen LogP contribution < -0.4 is 0 Å². The molecule has 0 bridgehead atoms. The number of benzene rings is 1. The quantitative estimate of drug-likeness (QED) is 0.813. The van der Waals surface area contributed by atoms with Crippen molar-refractivity contribution in [3.8, 4) is 16.6 Å². The molecule has 2 rings (SSSR count). The zero-order valence-corrected chi connectivity index (χ0v) is 11.7. The predicted molar refractivity (Wildman–Crippen MR) is 75.7 cm³/mol. The molecule has 3 heteroatoms. The fraction of sp³-hybridized carbons (Fsp3) is 0.333. The van der Waals surface area contributed by atoms with E-state index in [1.54, 1.807) is 11.3 Å². The predicted octanol–water partition coefficient (Wildman–Crippen LogP) is 4.44. The molecule has 0 spiro atoms. The van der Waals surface area contributed by atoms with Crippen molar-refractivity contribution in [2.24, 2.45) is 0 Å². The Morgan fingerprint density at radius 2 is 2.11 bits per heavy atom. The zero-order valence-electron chi connectivity index (χ0n) is 10.9. The van der Waals surface area contributed by atoms with Gasteiger partial charge in [-0.15, -0.1) is 11.3 Å². The molecule has 2 nitrogen and oxygen atoms in total. The molecule has 1 atom stereocenters. The average Bonchev–Trinajstić information content (AvgIpc) is 2.84. The van der Waals surface area contributed by atoms with Gasteiger partial charge in [0.25, 0.3) is 0 Å². The third-order valence-electron chi connectivity index (χ3n) is 3.20. The molecule has 0 saturated carbocycles. The monoisotopic (exact) mass is 256 g/mol. The summed E-state index contributed by atoms with van der Waals surface area (Å²) in [6.07, 6.45) is 0.812. The Kier molecular flexibility index (Phi) is 3.78. The van der Waals surface area contributed by atoms with Gasteiger partial charge in [-0.2, -0.15) is 5.26 Å². The van der Waals surface area contributed by atoms with Gasteiger partial charge < -0.3 is 0 Å². The summed E-state index contributed by atoms with van der Waals surface area (Å²) in [5.74, 6) is -0.0819. The molecule has 1 aromatic heterocycles. The van der Waals surface area contributed by atoms with E-state index in [0.29, 0.717) is 0 Å². The van der Waals surface area contributed by atoms with Crippen LogP contribution in [-0.2, 0) is 0 Å². The van der Waals surface area contributed by atoms with Crippen LogP contribution in [0, 0.1) is 25.2 Å². The third-order valence-corrected chi connectivity index (χ3v) is 4.11. The van der Waals surface area contributed by atoms with Crippen LogP contribution in [0.5, 0.6) is 0 Å². The lowest BCUT2D eigenvalue weighted by atomic mass is 10.1. The van der Waals surface area contributed by atoms with Crippen LogP contribution in [0.4, 0.5) is 0 Å². The molecule has 0 aliphatic heterocycles. The molecule has 1 unspecified atom stereocenters. The van der Waals surface area contributed by atoms with E-state index in [1.807, 2.05) is 12.3 Å². The van der Waals surface area contributed by atoms with Gasteiger partial charge in [-0.25, -0.2) is 4.98 Å². The molecule has 2 aromatic rings. The fourth-order valence-corrected chi connectivity index (χ4v) is 2.69. The lowest BCUT2D eigenvalue weighted by Crippen LogP contribution is -1.93. The van der Waals surface area contributed by atoms with Gasteiger partial charge in [0.15, 0.2) is 0 Å². The largest absolute Gasteiger partial charge is 0.240 e. The van der Waals surface area contributed by atoms with Crippen LogP contribution in [0.25, 0.3) is 10.6 Å². The van der Waals surface area contributed by atoms with E-state index in [9.17, 15) is 0 Å². The molecule has 92 valence electrons. The minimum Gasteiger partial charge on any atom is -0.240 e. The van der Waals surface area contributed by atoms with Crippen molar-refractivity contribution in [3.05, 3.63) is 40.4 Å². The van der Waals surface area contributed by atoms with Crippen molar-refractivity contribution in [1.82, 2.24) is 4.98 Å². The van der Waals surface area contributed by atoms with Crippen LogP contribution in [0.1, 0.15) is 36.1 Å². The fourth-order valence-electron chi connectivity index (χ4n) is 1.82. The molecule has 0 amide bonds. The van der Waals surface area contributed by atoms with E-state index in [1.165, 1.54) is 11.1 Å². The van der Waals surface area contributed by atoms with Gasteiger partial charge in [0.1, 0.15) is 5.01 Å². The number of aromatic nitrogens is 1. The Balaban J connectivity index is 2.35. The van der Waals surface area contributed by atoms with Gasteiger partial charge in [0.05, 0.1) is 17.7 Å². The number of rotatable bonds is 3. The van der Waals surface area contributed by atoms with Crippen LogP contribution in [0.3, 0.4) is 0 Å². The van der Waals surface area contributed by atoms with Crippen molar-refractivity contribution >= 4 is 11.3 Å². The maximum atomic E-state index is 9.05. The van der Waals surface area contributed by atoms with Crippen molar-refractivity contribution in [2.45, 2.75) is 33.1 Å².